The molecule has 9 nitrogen and oxygen atoms in total. The largest absolute Gasteiger partial charge is 0.328 e. The molecule has 186 valence electrons. The maximum absolute atomic E-state index is 13.1. The lowest BCUT2D eigenvalue weighted by atomic mass is 10.1. The summed E-state index contributed by atoms with van der Waals surface area (Å²) in [5, 5.41) is 7.09. The number of aromatic nitrogens is 3. The number of piperazine rings is 1. The first-order chi connectivity index (χ1) is 17.9. The number of carbonyl (C=O) groups is 3. The average molecular weight is 495 g/mol. The van der Waals surface area contributed by atoms with Gasteiger partial charge < -0.3 is 15.1 Å². The highest BCUT2D eigenvalue weighted by atomic mass is 16.2. The van der Waals surface area contributed by atoms with Crippen molar-refractivity contribution in [1.29, 1.82) is 0 Å². The molecule has 2 aromatic carbocycles. The summed E-state index contributed by atoms with van der Waals surface area (Å²) in [6.07, 6.45) is 6.34. The van der Waals surface area contributed by atoms with Gasteiger partial charge in [-0.1, -0.05) is 6.07 Å². The molecule has 1 aliphatic rings. The highest BCUT2D eigenvalue weighted by molar-refractivity contribution is 6.04. The standard InChI is InChI=1S/C28H26N6O3/c1-19-12-20(2)14-25(13-19)33-11-10-32(18-26(33)35)28(37)21-5-7-24(8-6-21)34-17-23(16-30-34)31-27(36)22-4-3-9-29-15-22/h3-9,12-17H,10-11,18H2,1-2H3,(H,31,36). The van der Waals surface area contributed by atoms with E-state index in [1.165, 1.54) is 6.20 Å². The number of hydrogen-bond donors (Lipinski definition) is 1. The number of nitrogens with one attached hydrogen (secondary N) is 1. The summed E-state index contributed by atoms with van der Waals surface area (Å²) in [4.78, 5) is 45.5. The molecule has 9 heteroatoms. The minimum atomic E-state index is -0.277. The van der Waals surface area contributed by atoms with Crippen LogP contribution in [0.4, 0.5) is 11.4 Å². The Balaban J connectivity index is 1.22. The summed E-state index contributed by atoms with van der Waals surface area (Å²) in [7, 11) is 0. The van der Waals surface area contributed by atoms with Crippen molar-refractivity contribution in [3.05, 3.63) is 102 Å². The van der Waals surface area contributed by atoms with Gasteiger partial charge in [-0.15, -0.1) is 0 Å². The van der Waals surface area contributed by atoms with Gasteiger partial charge in [0.25, 0.3) is 11.8 Å². The molecule has 3 amide bonds. The van der Waals surface area contributed by atoms with Crippen LogP contribution in [0.5, 0.6) is 0 Å². The lowest BCUT2D eigenvalue weighted by Gasteiger charge is -2.34. The van der Waals surface area contributed by atoms with E-state index in [-0.39, 0.29) is 24.3 Å². The van der Waals surface area contributed by atoms with Crippen LogP contribution < -0.4 is 10.2 Å². The molecule has 0 bridgehead atoms. The normalized spacial score (nSPS) is 13.5. The van der Waals surface area contributed by atoms with Crippen LogP contribution in [0.1, 0.15) is 31.8 Å². The highest BCUT2D eigenvalue weighted by Crippen LogP contribution is 2.22. The van der Waals surface area contributed by atoms with Crippen molar-refractivity contribution in [2.45, 2.75) is 13.8 Å². The minimum absolute atomic E-state index is 0.0344. The lowest BCUT2D eigenvalue weighted by molar-refractivity contribution is -0.120. The topological polar surface area (TPSA) is 100 Å². The van der Waals surface area contributed by atoms with E-state index in [1.54, 1.807) is 69.5 Å². The number of benzene rings is 2. The molecule has 5 rings (SSSR count). The van der Waals surface area contributed by atoms with Gasteiger partial charge >= 0.3 is 0 Å². The Morgan fingerprint density at radius 3 is 2.32 bits per heavy atom. The Kier molecular flexibility index (Phi) is 6.51. The second-order valence-electron chi connectivity index (χ2n) is 9.03. The number of rotatable bonds is 5. The smallest absolute Gasteiger partial charge is 0.257 e. The predicted octanol–water partition coefficient (Wildman–Crippen LogP) is 3.63. The number of carbonyl (C=O) groups excluding carboxylic acids is 3. The molecule has 0 unspecified atom stereocenters. The van der Waals surface area contributed by atoms with Crippen molar-refractivity contribution in [2.75, 3.05) is 29.9 Å². The number of amides is 3. The second kappa shape index (κ2) is 10.1. The van der Waals surface area contributed by atoms with Gasteiger partial charge in [-0.3, -0.25) is 19.4 Å². The fraction of sp³-hybridized carbons (Fsp3) is 0.179. The van der Waals surface area contributed by atoms with Crippen LogP contribution in [0.2, 0.25) is 0 Å². The van der Waals surface area contributed by atoms with E-state index in [4.69, 9.17) is 0 Å². The Hall–Kier alpha value is -4.79. The molecule has 1 N–H and O–H groups in total. The Labute approximate surface area is 214 Å². The van der Waals surface area contributed by atoms with Crippen LogP contribution in [0.25, 0.3) is 5.69 Å². The maximum atomic E-state index is 13.1. The molecule has 0 atom stereocenters. The van der Waals surface area contributed by atoms with Crippen molar-refractivity contribution in [3.63, 3.8) is 0 Å². The molecule has 1 fully saturated rings. The van der Waals surface area contributed by atoms with Crippen LogP contribution in [0, 0.1) is 13.8 Å². The van der Waals surface area contributed by atoms with Crippen molar-refractivity contribution >= 4 is 29.1 Å². The summed E-state index contributed by atoms with van der Waals surface area (Å²) < 4.78 is 1.61. The van der Waals surface area contributed by atoms with E-state index in [1.807, 2.05) is 26.0 Å². The van der Waals surface area contributed by atoms with Gasteiger partial charge in [0.2, 0.25) is 5.91 Å². The van der Waals surface area contributed by atoms with Crippen molar-refractivity contribution in [1.82, 2.24) is 19.7 Å². The van der Waals surface area contributed by atoms with Crippen LogP contribution >= 0.6 is 0 Å². The molecule has 37 heavy (non-hydrogen) atoms. The molecule has 4 aromatic rings. The van der Waals surface area contributed by atoms with Crippen molar-refractivity contribution in [2.24, 2.45) is 0 Å². The zero-order chi connectivity index (χ0) is 25.9. The van der Waals surface area contributed by atoms with E-state index in [9.17, 15) is 14.4 Å². The summed E-state index contributed by atoms with van der Waals surface area (Å²) in [6.45, 7) is 4.96. The van der Waals surface area contributed by atoms with E-state index in [2.05, 4.69) is 21.5 Å². The van der Waals surface area contributed by atoms with Gasteiger partial charge in [0.05, 0.1) is 29.3 Å². The third-order valence-corrected chi connectivity index (χ3v) is 6.17. The minimum Gasteiger partial charge on any atom is -0.328 e. The zero-order valence-electron chi connectivity index (χ0n) is 20.6. The first kappa shape index (κ1) is 23.9. The van der Waals surface area contributed by atoms with Crippen molar-refractivity contribution < 1.29 is 14.4 Å². The molecule has 3 heterocycles. The van der Waals surface area contributed by atoms with Gasteiger partial charge in [-0.2, -0.15) is 5.10 Å². The van der Waals surface area contributed by atoms with Gasteiger partial charge in [-0.05, 0) is 73.5 Å². The molecule has 0 saturated carbocycles. The van der Waals surface area contributed by atoms with E-state index >= 15 is 0 Å². The fourth-order valence-corrected chi connectivity index (χ4v) is 4.39. The van der Waals surface area contributed by atoms with Gasteiger partial charge in [0.1, 0.15) is 6.54 Å². The molecule has 2 aromatic heterocycles. The number of nitrogens with zero attached hydrogens (tertiary/aromatic N) is 5. The van der Waals surface area contributed by atoms with Crippen LogP contribution in [-0.2, 0) is 4.79 Å². The number of hydrogen-bond acceptors (Lipinski definition) is 5. The second-order valence-corrected chi connectivity index (χ2v) is 9.03. The molecule has 1 saturated heterocycles. The molecular formula is C28H26N6O3. The fourth-order valence-electron chi connectivity index (χ4n) is 4.39. The molecule has 0 aliphatic carbocycles. The number of anilines is 2. The highest BCUT2D eigenvalue weighted by Gasteiger charge is 2.28. The Morgan fingerprint density at radius 2 is 1.65 bits per heavy atom. The first-order valence-corrected chi connectivity index (χ1v) is 11.9. The van der Waals surface area contributed by atoms with Crippen LogP contribution in [0.3, 0.4) is 0 Å². The molecule has 0 radical (unpaired) electrons. The summed E-state index contributed by atoms with van der Waals surface area (Å²) in [5.74, 6) is -0.566. The van der Waals surface area contributed by atoms with E-state index in [0.717, 1.165) is 22.5 Å². The summed E-state index contributed by atoms with van der Waals surface area (Å²) >= 11 is 0. The van der Waals surface area contributed by atoms with Crippen molar-refractivity contribution in [3.8, 4) is 5.69 Å². The zero-order valence-corrected chi connectivity index (χ0v) is 20.6. The molecule has 0 spiro atoms. The van der Waals surface area contributed by atoms with E-state index < -0.39 is 0 Å². The average Bonchev–Trinajstić information content (AvgIpc) is 3.36. The van der Waals surface area contributed by atoms with Gasteiger partial charge in [0, 0.05) is 36.7 Å². The SMILES string of the molecule is Cc1cc(C)cc(N2CCN(C(=O)c3ccc(-n4cc(NC(=O)c5cccnc5)cn4)cc3)CC2=O)c1. The molecular weight excluding hydrogens is 468 g/mol. The number of aryl methyl sites for hydroxylation is 2. The molecule has 1 aliphatic heterocycles. The monoisotopic (exact) mass is 494 g/mol. The maximum Gasteiger partial charge on any atom is 0.257 e. The Bertz CT molecular complexity index is 1440. The van der Waals surface area contributed by atoms with Crippen LogP contribution in [-0.4, -0.2) is 57.0 Å². The van der Waals surface area contributed by atoms with E-state index in [0.29, 0.717) is 29.9 Å². The first-order valence-electron chi connectivity index (χ1n) is 11.9. The third-order valence-electron chi connectivity index (χ3n) is 6.17. The Morgan fingerprint density at radius 1 is 0.892 bits per heavy atom. The van der Waals surface area contributed by atoms with Gasteiger partial charge in [-0.25, -0.2) is 4.68 Å². The van der Waals surface area contributed by atoms with Gasteiger partial charge in [0.15, 0.2) is 0 Å². The summed E-state index contributed by atoms with van der Waals surface area (Å²) in [6, 6.07) is 16.4. The lowest BCUT2D eigenvalue weighted by Crippen LogP contribution is -2.52. The predicted molar refractivity (Wildman–Crippen MR) is 140 cm³/mol. The van der Waals surface area contributed by atoms with Crippen LogP contribution in [0.15, 0.2) is 79.4 Å². The third kappa shape index (κ3) is 5.25. The number of pyridine rings is 1. The quantitative estimate of drug-likeness (QED) is 0.457. The summed E-state index contributed by atoms with van der Waals surface area (Å²) in [5.41, 5.74) is 5.28.